The van der Waals surface area contributed by atoms with Crippen molar-refractivity contribution in [3.63, 3.8) is 0 Å². The third-order valence-electron chi connectivity index (χ3n) is 7.44. The number of amides is 1. The van der Waals surface area contributed by atoms with Crippen LogP contribution >= 0.6 is 0 Å². The number of aromatic hydroxyl groups is 1. The van der Waals surface area contributed by atoms with Gasteiger partial charge in [0.15, 0.2) is 11.4 Å². The summed E-state index contributed by atoms with van der Waals surface area (Å²) in [6, 6.07) is 9.34. The Kier molecular flexibility index (Phi) is 5.65. The number of hydrogen-bond acceptors (Lipinski definition) is 9. The number of sulfonamides is 1. The van der Waals surface area contributed by atoms with Gasteiger partial charge in [0, 0.05) is 23.6 Å². The molecule has 0 aliphatic heterocycles. The number of allylic oxidation sites excluding steroid dienone is 2. The Hall–Kier alpha value is -4.16. The Morgan fingerprint density at radius 3 is 2.32 bits per heavy atom. The van der Waals surface area contributed by atoms with Crippen LogP contribution in [0.2, 0.25) is 0 Å². The summed E-state index contributed by atoms with van der Waals surface area (Å²) in [6.07, 6.45) is 0.895. The number of carbonyl (C=O) groups excluding carboxylic acids is 3. The fourth-order valence-electron chi connectivity index (χ4n) is 5.82. The van der Waals surface area contributed by atoms with Gasteiger partial charge in [0.05, 0.1) is 11.8 Å². The molecular formula is C26H24N2O9S. The Bertz CT molecular complexity index is 1610. The van der Waals surface area contributed by atoms with Crippen LogP contribution in [0.15, 0.2) is 59.1 Å². The number of carbonyl (C=O) groups is 3. The molecule has 7 N–H and O–H groups in total. The van der Waals surface area contributed by atoms with Crippen molar-refractivity contribution in [2.45, 2.75) is 24.9 Å². The summed E-state index contributed by atoms with van der Waals surface area (Å²) in [5.74, 6) is -6.86. The van der Waals surface area contributed by atoms with E-state index in [1.54, 1.807) is 30.3 Å². The molecule has 198 valence electrons. The molecule has 0 bridgehead atoms. The summed E-state index contributed by atoms with van der Waals surface area (Å²) in [6.45, 7) is 0. The number of hydrogen-bond donors (Lipinski definition) is 6. The van der Waals surface area contributed by atoms with Crippen LogP contribution in [-0.4, -0.2) is 58.2 Å². The van der Waals surface area contributed by atoms with Gasteiger partial charge < -0.3 is 26.2 Å². The predicted molar refractivity (Wildman–Crippen MR) is 135 cm³/mol. The van der Waals surface area contributed by atoms with Crippen molar-refractivity contribution in [3.05, 3.63) is 70.2 Å². The van der Waals surface area contributed by atoms with Crippen molar-refractivity contribution in [2.24, 2.45) is 17.6 Å². The smallest absolute Gasteiger partial charge is 0.255 e. The highest BCUT2D eigenvalue weighted by Crippen LogP contribution is 2.52. The number of rotatable bonds is 4. The molecule has 5 rings (SSSR count). The third kappa shape index (κ3) is 3.75. The van der Waals surface area contributed by atoms with Crippen LogP contribution in [0, 0.1) is 11.8 Å². The van der Waals surface area contributed by atoms with E-state index < -0.39 is 62.0 Å². The molecule has 0 radical (unpaired) electrons. The minimum absolute atomic E-state index is 0.0230. The monoisotopic (exact) mass is 540 g/mol. The van der Waals surface area contributed by atoms with E-state index in [4.69, 9.17) is 5.73 Å². The lowest BCUT2D eigenvalue weighted by atomic mass is 9.60. The molecule has 0 saturated heterocycles. The second-order valence-electron chi connectivity index (χ2n) is 9.85. The number of nitrogens with one attached hydrogen (secondary N) is 1. The van der Waals surface area contributed by atoms with Crippen LogP contribution in [0.4, 0.5) is 5.69 Å². The van der Waals surface area contributed by atoms with Crippen molar-refractivity contribution >= 4 is 33.2 Å². The van der Waals surface area contributed by atoms with Gasteiger partial charge in [-0.25, -0.2) is 8.42 Å². The lowest BCUT2D eigenvalue weighted by molar-refractivity contribution is -0.144. The summed E-state index contributed by atoms with van der Waals surface area (Å²) >= 11 is 0. The van der Waals surface area contributed by atoms with Crippen molar-refractivity contribution in [2.75, 3.05) is 11.0 Å². The van der Waals surface area contributed by atoms with Crippen molar-refractivity contribution < 1.29 is 43.2 Å². The number of anilines is 1. The molecule has 0 heterocycles. The second kappa shape index (κ2) is 8.43. The number of nitrogens with two attached hydrogens (primary N) is 1. The molecule has 3 atom stereocenters. The molecule has 3 aliphatic rings. The Labute approximate surface area is 217 Å². The summed E-state index contributed by atoms with van der Waals surface area (Å²) in [5, 5.41) is 43.3. The lowest BCUT2D eigenvalue weighted by Gasteiger charge is -2.45. The maximum absolute atomic E-state index is 13.6. The van der Waals surface area contributed by atoms with E-state index in [9.17, 15) is 43.2 Å². The number of phenolic OH excluding ortho intramolecular Hbond substituents is 1. The van der Waals surface area contributed by atoms with Gasteiger partial charge >= 0.3 is 0 Å². The SMILES string of the molecule is CS(=O)(=O)Nc1ccc(-c2ccc(O)c3c2C[C@H]2C[C@H]4CC(O)=C(C(N)=O)C(=O)[C@@]4(O)C(O)=C2C3=O)cc1. The van der Waals surface area contributed by atoms with Crippen LogP contribution < -0.4 is 10.5 Å². The largest absolute Gasteiger partial charge is 0.511 e. The topological polar surface area (TPSA) is 204 Å². The van der Waals surface area contributed by atoms with Gasteiger partial charge in [-0.3, -0.25) is 19.1 Å². The molecule has 0 aromatic heterocycles. The van der Waals surface area contributed by atoms with E-state index in [-0.39, 0.29) is 36.1 Å². The maximum atomic E-state index is 13.6. The molecule has 0 spiro atoms. The minimum atomic E-state index is -3.48. The number of fused-ring (bicyclic) bond motifs is 3. The molecule has 2 aromatic carbocycles. The molecular weight excluding hydrogens is 516 g/mol. The lowest BCUT2D eigenvalue weighted by Crippen LogP contribution is -2.57. The average Bonchev–Trinajstić information content (AvgIpc) is 2.81. The highest BCUT2D eigenvalue weighted by atomic mass is 32.2. The first-order valence-corrected chi connectivity index (χ1v) is 13.5. The summed E-state index contributed by atoms with van der Waals surface area (Å²) in [5.41, 5.74) is 3.47. The van der Waals surface area contributed by atoms with Gasteiger partial charge in [-0.05, 0) is 53.6 Å². The van der Waals surface area contributed by atoms with E-state index >= 15 is 0 Å². The zero-order valence-corrected chi connectivity index (χ0v) is 20.9. The molecule has 12 heteroatoms. The third-order valence-corrected chi connectivity index (χ3v) is 8.05. The fraction of sp³-hybridized carbons (Fsp3) is 0.269. The van der Waals surface area contributed by atoms with Crippen LogP contribution in [0.1, 0.15) is 28.8 Å². The Balaban J connectivity index is 1.61. The van der Waals surface area contributed by atoms with Gasteiger partial charge in [0.2, 0.25) is 15.8 Å². The highest BCUT2D eigenvalue weighted by molar-refractivity contribution is 7.92. The number of phenols is 1. The first-order chi connectivity index (χ1) is 17.7. The summed E-state index contributed by atoms with van der Waals surface area (Å²) < 4.78 is 25.4. The zero-order valence-electron chi connectivity index (χ0n) is 20.1. The minimum Gasteiger partial charge on any atom is -0.511 e. The summed E-state index contributed by atoms with van der Waals surface area (Å²) in [7, 11) is -3.48. The van der Waals surface area contributed by atoms with Gasteiger partial charge in [0.1, 0.15) is 22.8 Å². The number of primary amides is 1. The normalized spacial score (nSPS) is 25.0. The fourth-order valence-corrected chi connectivity index (χ4v) is 6.39. The molecule has 38 heavy (non-hydrogen) atoms. The second-order valence-corrected chi connectivity index (χ2v) is 11.6. The van der Waals surface area contributed by atoms with E-state index in [1.165, 1.54) is 6.07 Å². The zero-order chi connectivity index (χ0) is 27.7. The molecule has 2 aromatic rings. The molecule has 3 aliphatic carbocycles. The predicted octanol–water partition coefficient (Wildman–Crippen LogP) is 1.62. The van der Waals surface area contributed by atoms with E-state index in [1.807, 2.05) is 0 Å². The van der Waals surface area contributed by atoms with Crippen LogP contribution in [0.3, 0.4) is 0 Å². The number of aliphatic hydroxyl groups is 3. The standard InChI is InChI=1S/C26H24N2O9S/c1-38(36,37)28-14-4-2-11(3-5-14)15-6-7-17(29)20-16(15)9-12-8-13-10-18(30)21(25(27)34)24(33)26(13,35)23(32)19(12)22(20)31/h2-7,12-13,28-30,32,35H,8-10H2,1H3,(H2,27,34)/t12-,13+,26+/m1/s1. The van der Waals surface area contributed by atoms with Gasteiger partial charge in [-0.1, -0.05) is 18.2 Å². The molecule has 0 unspecified atom stereocenters. The number of Topliss-reactive ketones (excluding diaryl/α,β-unsaturated/α-hetero) is 2. The average molecular weight is 541 g/mol. The maximum Gasteiger partial charge on any atom is 0.255 e. The quantitative estimate of drug-likeness (QED) is 0.311. The van der Waals surface area contributed by atoms with Crippen molar-refractivity contribution in [1.29, 1.82) is 0 Å². The first-order valence-electron chi connectivity index (χ1n) is 11.6. The van der Waals surface area contributed by atoms with Crippen molar-refractivity contribution in [3.8, 4) is 16.9 Å². The Morgan fingerprint density at radius 2 is 1.71 bits per heavy atom. The molecule has 11 nitrogen and oxygen atoms in total. The molecule has 0 fully saturated rings. The number of ketones is 2. The van der Waals surface area contributed by atoms with Gasteiger partial charge in [-0.2, -0.15) is 0 Å². The van der Waals surface area contributed by atoms with E-state index in [0.717, 1.165) is 6.26 Å². The first kappa shape index (κ1) is 25.5. The summed E-state index contributed by atoms with van der Waals surface area (Å²) in [4.78, 5) is 38.4. The van der Waals surface area contributed by atoms with Crippen molar-refractivity contribution in [1.82, 2.24) is 0 Å². The van der Waals surface area contributed by atoms with Gasteiger partial charge in [-0.15, -0.1) is 0 Å². The van der Waals surface area contributed by atoms with Crippen LogP contribution in [-0.2, 0) is 26.0 Å². The van der Waals surface area contributed by atoms with E-state index in [2.05, 4.69) is 4.72 Å². The molecule has 0 saturated carbocycles. The van der Waals surface area contributed by atoms with Gasteiger partial charge in [0.25, 0.3) is 5.91 Å². The molecule has 1 amide bonds. The Morgan fingerprint density at radius 1 is 1.05 bits per heavy atom. The highest BCUT2D eigenvalue weighted by Gasteiger charge is 2.59. The number of benzene rings is 2. The van der Waals surface area contributed by atoms with Crippen LogP contribution in [0.25, 0.3) is 11.1 Å². The number of aliphatic hydroxyl groups excluding tert-OH is 2. The van der Waals surface area contributed by atoms with E-state index in [0.29, 0.717) is 22.4 Å². The van der Waals surface area contributed by atoms with Crippen LogP contribution in [0.5, 0.6) is 5.75 Å².